The van der Waals surface area contributed by atoms with E-state index in [0.29, 0.717) is 0 Å². The number of hydrogen-bond donors (Lipinski definition) is 0. The van der Waals surface area contributed by atoms with Crippen molar-refractivity contribution in [3.63, 3.8) is 0 Å². The van der Waals surface area contributed by atoms with Gasteiger partial charge in [0.2, 0.25) is 0 Å². The van der Waals surface area contributed by atoms with E-state index in [1.165, 1.54) is 37.1 Å². The molecule has 0 atom stereocenters. The van der Waals surface area contributed by atoms with Gasteiger partial charge in [-0.2, -0.15) is 0 Å². The molecule has 0 aromatic carbocycles. The molecule has 0 amide bonds. The third kappa shape index (κ3) is 1.08. The second kappa shape index (κ2) is 2.33. The van der Waals surface area contributed by atoms with E-state index in [0.717, 1.165) is 11.8 Å². The summed E-state index contributed by atoms with van der Waals surface area (Å²) < 4.78 is 2.27. The van der Waals surface area contributed by atoms with Crippen LogP contribution in [0.15, 0.2) is 0 Å². The molecule has 9 heavy (non-hydrogen) atoms. The van der Waals surface area contributed by atoms with Crippen LogP contribution in [0.25, 0.3) is 0 Å². The molecular formula is C6H10ClNS. The highest BCUT2D eigenvalue weighted by Gasteiger charge is 2.36. The fraction of sp³-hybridized carbons (Fsp3) is 1.00. The molecule has 2 bridgehead atoms. The highest BCUT2D eigenvalue weighted by molar-refractivity contribution is 8.19. The van der Waals surface area contributed by atoms with Gasteiger partial charge in [-0.25, -0.2) is 4.31 Å². The Kier molecular flexibility index (Phi) is 1.64. The number of nitrogens with zero attached hydrogens (tertiary/aromatic N) is 1. The van der Waals surface area contributed by atoms with Gasteiger partial charge in [-0.05, 0) is 35.4 Å². The molecule has 3 aliphatic rings. The van der Waals surface area contributed by atoms with Crippen molar-refractivity contribution in [2.75, 3.05) is 13.1 Å². The van der Waals surface area contributed by atoms with E-state index < -0.39 is 0 Å². The van der Waals surface area contributed by atoms with Gasteiger partial charge in [-0.1, -0.05) is 0 Å². The quantitative estimate of drug-likeness (QED) is 0.545. The van der Waals surface area contributed by atoms with Gasteiger partial charge in [0.25, 0.3) is 0 Å². The summed E-state index contributed by atoms with van der Waals surface area (Å²) in [5.74, 6) is 1.96. The maximum atomic E-state index is 5.61. The Labute approximate surface area is 64.4 Å². The molecule has 0 unspecified atom stereocenters. The van der Waals surface area contributed by atoms with Crippen LogP contribution >= 0.6 is 21.8 Å². The molecule has 1 saturated carbocycles. The van der Waals surface area contributed by atoms with Crippen LogP contribution in [0.3, 0.4) is 0 Å². The topological polar surface area (TPSA) is 3.24 Å². The molecule has 0 radical (unpaired) electrons. The minimum Gasteiger partial charge on any atom is -0.236 e. The minimum atomic E-state index is 0.981. The zero-order chi connectivity index (χ0) is 6.27. The SMILES string of the molecule is ClSN1CC2CC(C2)C1. The molecule has 3 fully saturated rings. The second-order valence-corrected chi connectivity index (χ2v) is 4.19. The van der Waals surface area contributed by atoms with Crippen molar-refractivity contribution < 1.29 is 0 Å². The number of hydrogen-bond acceptors (Lipinski definition) is 2. The molecule has 0 aromatic rings. The number of fused-ring (bicyclic) bond motifs is 2. The van der Waals surface area contributed by atoms with E-state index in [4.69, 9.17) is 10.7 Å². The lowest BCUT2D eigenvalue weighted by molar-refractivity contribution is 0.0845. The van der Waals surface area contributed by atoms with Gasteiger partial charge >= 0.3 is 0 Å². The van der Waals surface area contributed by atoms with Gasteiger partial charge in [0.15, 0.2) is 0 Å². The van der Waals surface area contributed by atoms with Gasteiger partial charge in [0.1, 0.15) is 0 Å². The predicted octanol–water partition coefficient (Wildman–Crippen LogP) is 2.13. The van der Waals surface area contributed by atoms with Crippen molar-refractivity contribution in [2.24, 2.45) is 11.8 Å². The molecule has 2 aliphatic heterocycles. The fourth-order valence-electron chi connectivity index (χ4n) is 1.88. The maximum absolute atomic E-state index is 5.61. The van der Waals surface area contributed by atoms with Crippen LogP contribution in [-0.2, 0) is 0 Å². The summed E-state index contributed by atoms with van der Waals surface area (Å²) in [6.07, 6.45) is 2.93. The van der Waals surface area contributed by atoms with Crippen LogP contribution in [0.5, 0.6) is 0 Å². The van der Waals surface area contributed by atoms with Crippen LogP contribution in [0.4, 0.5) is 0 Å². The van der Waals surface area contributed by atoms with E-state index in [-0.39, 0.29) is 0 Å². The molecule has 3 heteroatoms. The average molecular weight is 164 g/mol. The van der Waals surface area contributed by atoms with Crippen molar-refractivity contribution in [1.29, 1.82) is 0 Å². The van der Waals surface area contributed by atoms with Crippen molar-refractivity contribution in [1.82, 2.24) is 4.31 Å². The first-order chi connectivity index (χ1) is 4.38. The third-order valence-electron chi connectivity index (χ3n) is 2.35. The standard InChI is InChI=1S/C6H10ClNS/c7-9-8-3-5-1-6(2-5)4-8/h5-6H,1-4H2. The Hall–Kier alpha value is 0.600. The van der Waals surface area contributed by atoms with Crippen LogP contribution in [0.2, 0.25) is 0 Å². The summed E-state index contributed by atoms with van der Waals surface area (Å²) in [6.45, 7) is 2.45. The summed E-state index contributed by atoms with van der Waals surface area (Å²) in [6, 6.07) is 0. The first-order valence-corrected chi connectivity index (χ1v) is 5.02. The molecule has 0 aromatic heterocycles. The van der Waals surface area contributed by atoms with Crippen LogP contribution < -0.4 is 0 Å². The average Bonchev–Trinajstić information content (AvgIpc) is 1.87. The first kappa shape index (κ1) is 6.32. The molecule has 0 N–H and O–H groups in total. The molecule has 0 spiro atoms. The number of piperidine rings is 2. The van der Waals surface area contributed by atoms with E-state index in [2.05, 4.69) is 4.31 Å². The Balaban J connectivity index is 1.89. The minimum absolute atomic E-state index is 0.981. The molecule has 52 valence electrons. The monoisotopic (exact) mass is 163 g/mol. The van der Waals surface area contributed by atoms with Crippen LogP contribution in [-0.4, -0.2) is 17.4 Å². The van der Waals surface area contributed by atoms with Crippen molar-refractivity contribution in [3.8, 4) is 0 Å². The normalized spacial score (nSPS) is 42.3. The van der Waals surface area contributed by atoms with Gasteiger partial charge in [-0.3, -0.25) is 0 Å². The van der Waals surface area contributed by atoms with Crippen LogP contribution in [0, 0.1) is 11.8 Å². The Morgan fingerprint density at radius 1 is 1.22 bits per heavy atom. The Morgan fingerprint density at radius 3 is 2.11 bits per heavy atom. The van der Waals surface area contributed by atoms with Gasteiger partial charge < -0.3 is 0 Å². The molecule has 3 rings (SSSR count). The summed E-state index contributed by atoms with van der Waals surface area (Å²) in [4.78, 5) is 0. The summed E-state index contributed by atoms with van der Waals surface area (Å²) in [7, 11) is 5.61. The smallest absolute Gasteiger partial charge is 0.0307 e. The maximum Gasteiger partial charge on any atom is 0.0307 e. The van der Waals surface area contributed by atoms with Crippen molar-refractivity contribution in [2.45, 2.75) is 12.8 Å². The summed E-state index contributed by atoms with van der Waals surface area (Å²) in [5, 5.41) is 0. The number of rotatable bonds is 1. The zero-order valence-corrected chi connectivity index (χ0v) is 6.79. The molecule has 2 heterocycles. The Morgan fingerprint density at radius 2 is 1.78 bits per heavy atom. The van der Waals surface area contributed by atoms with E-state index in [9.17, 15) is 0 Å². The van der Waals surface area contributed by atoms with E-state index >= 15 is 0 Å². The molecule has 1 aliphatic carbocycles. The lowest BCUT2D eigenvalue weighted by atomic mass is 9.72. The van der Waals surface area contributed by atoms with Gasteiger partial charge in [0.05, 0.1) is 0 Å². The van der Waals surface area contributed by atoms with Crippen LogP contribution in [0.1, 0.15) is 12.8 Å². The number of halogens is 1. The summed E-state index contributed by atoms with van der Waals surface area (Å²) in [5.41, 5.74) is 0. The highest BCUT2D eigenvalue weighted by atomic mass is 35.7. The lowest BCUT2D eigenvalue weighted by Crippen LogP contribution is -2.44. The molecule has 1 nitrogen and oxygen atoms in total. The van der Waals surface area contributed by atoms with E-state index in [1.807, 2.05) is 0 Å². The highest BCUT2D eigenvalue weighted by Crippen LogP contribution is 2.42. The van der Waals surface area contributed by atoms with Crippen molar-refractivity contribution in [3.05, 3.63) is 0 Å². The summed E-state index contributed by atoms with van der Waals surface area (Å²) >= 11 is 1.39. The second-order valence-electron chi connectivity index (χ2n) is 3.12. The lowest BCUT2D eigenvalue weighted by Gasteiger charge is -2.45. The van der Waals surface area contributed by atoms with Gasteiger partial charge in [0, 0.05) is 24.3 Å². The molecule has 2 saturated heterocycles. The molecular weight excluding hydrogens is 154 g/mol. The van der Waals surface area contributed by atoms with Gasteiger partial charge in [-0.15, -0.1) is 0 Å². The Bertz CT molecular complexity index is 104. The fourth-order valence-corrected chi connectivity index (χ4v) is 2.75. The predicted molar refractivity (Wildman–Crippen MR) is 41.2 cm³/mol. The zero-order valence-electron chi connectivity index (χ0n) is 5.22. The first-order valence-electron chi connectivity index (χ1n) is 3.42. The largest absolute Gasteiger partial charge is 0.236 e. The third-order valence-corrected chi connectivity index (χ3v) is 3.43. The van der Waals surface area contributed by atoms with Crippen molar-refractivity contribution >= 4 is 21.8 Å². The van der Waals surface area contributed by atoms with E-state index in [1.54, 1.807) is 0 Å².